The maximum Gasteiger partial charge on any atom is 0.332 e. The van der Waals surface area contributed by atoms with Gasteiger partial charge in [-0.2, -0.15) is 0 Å². The van der Waals surface area contributed by atoms with Crippen molar-refractivity contribution in [2.75, 3.05) is 6.61 Å². The first-order valence-electron chi connectivity index (χ1n) is 10.6. The molecule has 4 aromatic rings. The number of carbonyl (C=O) groups excluding carboxylic acids is 1. The van der Waals surface area contributed by atoms with Gasteiger partial charge in [0.2, 0.25) is 5.91 Å². The molecule has 0 radical (unpaired) electrons. The molecular weight excluding hydrogens is 458 g/mol. The summed E-state index contributed by atoms with van der Waals surface area (Å²) in [7, 11) is 1.50. The second kappa shape index (κ2) is 9.88. The van der Waals surface area contributed by atoms with Crippen molar-refractivity contribution in [1.29, 1.82) is 0 Å². The molecule has 1 amide bonds. The molecule has 9 nitrogen and oxygen atoms in total. The number of nitrogens with zero attached hydrogens (tertiary/aromatic N) is 4. The van der Waals surface area contributed by atoms with E-state index in [1.54, 1.807) is 24.3 Å². The lowest BCUT2D eigenvalue weighted by Gasteiger charge is -2.13. The van der Waals surface area contributed by atoms with Crippen LogP contribution in [-0.2, 0) is 24.9 Å². The molecule has 0 unspecified atom stereocenters. The lowest BCUT2D eigenvalue weighted by molar-refractivity contribution is -0.121. The summed E-state index contributed by atoms with van der Waals surface area (Å²) in [5, 5.41) is 3.44. The Morgan fingerprint density at radius 1 is 1.12 bits per heavy atom. The number of ether oxygens (including phenoxy) is 1. The number of aromatic nitrogens is 4. The molecule has 0 atom stereocenters. The highest BCUT2D eigenvalue weighted by molar-refractivity contribution is 6.30. The van der Waals surface area contributed by atoms with E-state index in [0.29, 0.717) is 28.8 Å². The molecule has 0 saturated carbocycles. The summed E-state index contributed by atoms with van der Waals surface area (Å²) in [5.74, 6) is 0.531. The van der Waals surface area contributed by atoms with Gasteiger partial charge in [-0.1, -0.05) is 29.8 Å². The van der Waals surface area contributed by atoms with Crippen LogP contribution >= 0.6 is 11.6 Å². The van der Waals surface area contributed by atoms with Crippen LogP contribution in [0, 0.1) is 0 Å². The van der Waals surface area contributed by atoms with E-state index in [2.05, 4.69) is 15.3 Å². The Morgan fingerprint density at radius 2 is 1.85 bits per heavy atom. The molecule has 34 heavy (non-hydrogen) atoms. The first kappa shape index (κ1) is 23.2. The quantitative estimate of drug-likeness (QED) is 0.436. The lowest BCUT2D eigenvalue weighted by Crippen LogP contribution is -2.43. The zero-order valence-electron chi connectivity index (χ0n) is 18.6. The summed E-state index contributed by atoms with van der Waals surface area (Å²) in [6, 6.07) is 14.2. The SMILES string of the molecule is CCOc1ccccc1CNC(=O)Cn1c(=O)c2cnc(-c3ccc(Cl)cc3)nc2n(C)c1=O. The molecule has 2 heterocycles. The highest BCUT2D eigenvalue weighted by Gasteiger charge is 2.16. The zero-order chi connectivity index (χ0) is 24.2. The van der Waals surface area contributed by atoms with Crippen molar-refractivity contribution in [3.63, 3.8) is 0 Å². The smallest absolute Gasteiger partial charge is 0.332 e. The van der Waals surface area contributed by atoms with Crippen LogP contribution in [0.1, 0.15) is 12.5 Å². The number of carbonyl (C=O) groups is 1. The molecular formula is C24H22ClN5O4. The van der Waals surface area contributed by atoms with Gasteiger partial charge < -0.3 is 10.1 Å². The number of rotatable bonds is 7. The first-order valence-corrected chi connectivity index (χ1v) is 11.0. The predicted octanol–water partition coefficient (Wildman–Crippen LogP) is 2.53. The minimum absolute atomic E-state index is 0.134. The molecule has 174 valence electrons. The van der Waals surface area contributed by atoms with Gasteiger partial charge in [-0.3, -0.25) is 18.7 Å². The molecule has 0 aliphatic heterocycles. The Bertz CT molecular complexity index is 1480. The third-order valence-corrected chi connectivity index (χ3v) is 5.48. The summed E-state index contributed by atoms with van der Waals surface area (Å²) in [6.07, 6.45) is 1.36. The normalized spacial score (nSPS) is 10.9. The number of benzene rings is 2. The van der Waals surface area contributed by atoms with E-state index in [0.717, 1.165) is 10.1 Å². The summed E-state index contributed by atoms with van der Waals surface area (Å²) in [5.41, 5.74) is 0.375. The molecule has 0 spiro atoms. The number of halogens is 1. The van der Waals surface area contributed by atoms with Crippen LogP contribution in [-0.4, -0.2) is 31.6 Å². The lowest BCUT2D eigenvalue weighted by atomic mass is 10.2. The number of fused-ring (bicyclic) bond motifs is 1. The third-order valence-electron chi connectivity index (χ3n) is 5.23. The third kappa shape index (κ3) is 4.69. The van der Waals surface area contributed by atoms with Crippen LogP contribution in [0.15, 0.2) is 64.3 Å². The van der Waals surface area contributed by atoms with Crippen molar-refractivity contribution < 1.29 is 9.53 Å². The molecule has 10 heteroatoms. The van der Waals surface area contributed by atoms with Gasteiger partial charge in [-0.25, -0.2) is 14.8 Å². The monoisotopic (exact) mass is 479 g/mol. The Morgan fingerprint density at radius 3 is 2.59 bits per heavy atom. The molecule has 1 N–H and O–H groups in total. The minimum atomic E-state index is -0.650. The molecule has 0 bridgehead atoms. The molecule has 4 rings (SSSR count). The average molecular weight is 480 g/mol. The van der Waals surface area contributed by atoms with Crippen LogP contribution in [0.25, 0.3) is 22.4 Å². The fraction of sp³-hybridized carbons (Fsp3) is 0.208. The van der Waals surface area contributed by atoms with E-state index >= 15 is 0 Å². The van der Waals surface area contributed by atoms with Crippen LogP contribution in [0.4, 0.5) is 0 Å². The van der Waals surface area contributed by atoms with E-state index < -0.39 is 23.7 Å². The van der Waals surface area contributed by atoms with Gasteiger partial charge in [0.1, 0.15) is 17.7 Å². The van der Waals surface area contributed by atoms with Gasteiger partial charge in [0.05, 0.1) is 6.61 Å². The van der Waals surface area contributed by atoms with Gasteiger partial charge >= 0.3 is 5.69 Å². The molecule has 0 fully saturated rings. The van der Waals surface area contributed by atoms with Gasteiger partial charge in [0.15, 0.2) is 11.5 Å². The number of hydrogen-bond acceptors (Lipinski definition) is 6. The van der Waals surface area contributed by atoms with Crippen molar-refractivity contribution in [3.05, 3.63) is 86.2 Å². The van der Waals surface area contributed by atoms with Crippen LogP contribution in [0.5, 0.6) is 5.75 Å². The van der Waals surface area contributed by atoms with E-state index in [1.807, 2.05) is 31.2 Å². The van der Waals surface area contributed by atoms with Gasteiger partial charge in [0.25, 0.3) is 5.56 Å². The number of aryl methyl sites for hydroxylation is 1. The highest BCUT2D eigenvalue weighted by atomic mass is 35.5. The molecule has 0 saturated heterocycles. The molecule has 0 aliphatic carbocycles. The summed E-state index contributed by atoms with van der Waals surface area (Å²) >= 11 is 5.93. The van der Waals surface area contributed by atoms with Gasteiger partial charge in [-0.05, 0) is 37.3 Å². The topological polar surface area (TPSA) is 108 Å². The van der Waals surface area contributed by atoms with Gasteiger partial charge in [0, 0.05) is 35.9 Å². The molecule has 2 aromatic carbocycles. The number of amides is 1. The summed E-state index contributed by atoms with van der Waals surface area (Å²) < 4.78 is 7.66. The van der Waals surface area contributed by atoms with Crippen LogP contribution in [0.3, 0.4) is 0 Å². The Labute approximate surface area is 199 Å². The fourth-order valence-corrected chi connectivity index (χ4v) is 3.63. The maximum absolute atomic E-state index is 13.0. The highest BCUT2D eigenvalue weighted by Crippen LogP contribution is 2.19. The van der Waals surface area contributed by atoms with Crippen molar-refractivity contribution in [2.45, 2.75) is 20.0 Å². The maximum atomic E-state index is 13.0. The minimum Gasteiger partial charge on any atom is -0.494 e. The van der Waals surface area contributed by atoms with Crippen molar-refractivity contribution in [2.24, 2.45) is 7.05 Å². The van der Waals surface area contributed by atoms with Crippen LogP contribution in [0.2, 0.25) is 5.02 Å². The van der Waals surface area contributed by atoms with Gasteiger partial charge in [-0.15, -0.1) is 0 Å². The Hall–Kier alpha value is -3.98. The average Bonchev–Trinajstić information content (AvgIpc) is 2.85. The Kier molecular flexibility index (Phi) is 6.74. The predicted molar refractivity (Wildman–Crippen MR) is 129 cm³/mol. The van der Waals surface area contributed by atoms with Crippen molar-refractivity contribution in [1.82, 2.24) is 24.4 Å². The zero-order valence-corrected chi connectivity index (χ0v) is 19.4. The number of nitrogens with one attached hydrogen (secondary N) is 1. The Balaban J connectivity index is 1.60. The summed E-state index contributed by atoms with van der Waals surface area (Å²) in [4.78, 5) is 47.1. The largest absolute Gasteiger partial charge is 0.494 e. The number of para-hydroxylation sites is 1. The molecule has 0 aliphatic rings. The standard InChI is InChI=1S/C24H22ClN5O4/c1-3-34-19-7-5-4-6-16(19)12-26-20(31)14-30-23(32)18-13-27-21(15-8-10-17(25)11-9-15)28-22(18)29(2)24(30)33/h4-11,13H,3,12,14H2,1-2H3,(H,26,31). The van der Waals surface area contributed by atoms with E-state index in [4.69, 9.17) is 16.3 Å². The van der Waals surface area contributed by atoms with E-state index in [9.17, 15) is 14.4 Å². The van der Waals surface area contributed by atoms with E-state index in [1.165, 1.54) is 17.8 Å². The second-order valence-electron chi connectivity index (χ2n) is 7.49. The second-order valence-corrected chi connectivity index (χ2v) is 7.92. The fourth-order valence-electron chi connectivity index (χ4n) is 3.50. The number of hydrogen-bond donors (Lipinski definition) is 1. The first-order chi connectivity index (χ1) is 16.4. The van der Waals surface area contributed by atoms with Crippen molar-refractivity contribution in [3.8, 4) is 17.1 Å². The van der Waals surface area contributed by atoms with E-state index in [-0.39, 0.29) is 17.6 Å². The molecule has 2 aromatic heterocycles. The summed E-state index contributed by atoms with van der Waals surface area (Å²) in [6.45, 7) is 2.14. The van der Waals surface area contributed by atoms with Crippen molar-refractivity contribution >= 4 is 28.5 Å². The van der Waals surface area contributed by atoms with Crippen LogP contribution < -0.4 is 21.3 Å².